The summed E-state index contributed by atoms with van der Waals surface area (Å²) >= 11 is 0. The average molecular weight is 158 g/mol. The first-order valence-electron chi connectivity index (χ1n) is 4.37. The van der Waals surface area contributed by atoms with Crippen LogP contribution in [0.3, 0.4) is 0 Å². The van der Waals surface area contributed by atoms with Crippen molar-refractivity contribution in [2.24, 2.45) is 11.3 Å². The number of aliphatic hydroxyl groups is 1. The minimum absolute atomic E-state index is 0.234. The summed E-state index contributed by atoms with van der Waals surface area (Å²) in [6.45, 7) is 12.6. The smallest absolute Gasteiger partial charge is 0.0596 e. The van der Waals surface area contributed by atoms with E-state index in [0.717, 1.165) is 6.42 Å². The zero-order valence-corrected chi connectivity index (χ0v) is 8.73. The summed E-state index contributed by atoms with van der Waals surface area (Å²) in [5, 5.41) is 9.60. The van der Waals surface area contributed by atoms with Crippen LogP contribution in [0, 0.1) is 11.3 Å². The fraction of sp³-hybridized carbons (Fsp3) is 1.00. The van der Waals surface area contributed by atoms with Gasteiger partial charge in [-0.05, 0) is 31.6 Å². The molecule has 68 valence electrons. The molecule has 0 fully saturated rings. The lowest BCUT2D eigenvalue weighted by atomic mass is 9.74. The van der Waals surface area contributed by atoms with E-state index in [4.69, 9.17) is 0 Å². The normalized spacial score (nSPS) is 14.2. The highest BCUT2D eigenvalue weighted by Crippen LogP contribution is 2.34. The molecule has 0 aliphatic rings. The molecule has 0 saturated heterocycles. The fourth-order valence-electron chi connectivity index (χ4n) is 1.32. The van der Waals surface area contributed by atoms with Gasteiger partial charge < -0.3 is 5.11 Å². The molecule has 0 radical (unpaired) electrons. The molecule has 0 atom stereocenters. The molecule has 0 aromatic rings. The third kappa shape index (κ3) is 4.41. The molecule has 0 aromatic carbocycles. The Kier molecular flexibility index (Phi) is 3.13. The highest BCUT2D eigenvalue weighted by molar-refractivity contribution is 4.80. The predicted octanol–water partition coefficient (Wildman–Crippen LogP) is 2.83. The zero-order valence-electron chi connectivity index (χ0n) is 8.73. The zero-order chi connectivity index (χ0) is 9.28. The van der Waals surface area contributed by atoms with Crippen LogP contribution in [0.4, 0.5) is 0 Å². The Labute approximate surface area is 70.8 Å². The summed E-state index contributed by atoms with van der Waals surface area (Å²) in [7, 11) is 0. The van der Waals surface area contributed by atoms with Crippen LogP contribution in [-0.2, 0) is 0 Å². The number of hydrogen-bond donors (Lipinski definition) is 1. The molecule has 0 aliphatic heterocycles. The first kappa shape index (κ1) is 11.0. The van der Waals surface area contributed by atoms with Crippen LogP contribution in [0.2, 0.25) is 0 Å². The second kappa shape index (κ2) is 3.14. The SMILES string of the molecule is CC(C)C(C)(C)CC(C)(C)O. The second-order valence-corrected chi connectivity index (χ2v) is 5.13. The van der Waals surface area contributed by atoms with Gasteiger partial charge in [0, 0.05) is 0 Å². The van der Waals surface area contributed by atoms with Crippen molar-refractivity contribution in [1.29, 1.82) is 0 Å². The first-order chi connectivity index (χ1) is 4.65. The van der Waals surface area contributed by atoms with Gasteiger partial charge in [-0.1, -0.05) is 27.7 Å². The van der Waals surface area contributed by atoms with Crippen molar-refractivity contribution in [3.05, 3.63) is 0 Å². The lowest BCUT2D eigenvalue weighted by molar-refractivity contribution is 0.0169. The summed E-state index contributed by atoms with van der Waals surface area (Å²) in [5.41, 5.74) is -0.300. The molecule has 0 spiro atoms. The van der Waals surface area contributed by atoms with E-state index in [1.54, 1.807) is 0 Å². The summed E-state index contributed by atoms with van der Waals surface area (Å²) in [6.07, 6.45) is 0.859. The van der Waals surface area contributed by atoms with Crippen molar-refractivity contribution < 1.29 is 5.11 Å². The Hall–Kier alpha value is -0.0400. The van der Waals surface area contributed by atoms with Crippen LogP contribution in [0.25, 0.3) is 0 Å². The molecule has 0 unspecified atom stereocenters. The topological polar surface area (TPSA) is 20.2 Å². The molecule has 1 heteroatoms. The molecular formula is C10H22O. The van der Waals surface area contributed by atoms with E-state index in [0.29, 0.717) is 5.92 Å². The lowest BCUT2D eigenvalue weighted by Gasteiger charge is -2.34. The minimum atomic E-state index is -0.534. The highest BCUT2D eigenvalue weighted by Gasteiger charge is 2.29. The van der Waals surface area contributed by atoms with Gasteiger partial charge in [0.15, 0.2) is 0 Å². The molecule has 0 amide bonds. The maximum Gasteiger partial charge on any atom is 0.0596 e. The van der Waals surface area contributed by atoms with E-state index in [1.807, 2.05) is 13.8 Å². The van der Waals surface area contributed by atoms with E-state index in [1.165, 1.54) is 0 Å². The van der Waals surface area contributed by atoms with Crippen LogP contribution >= 0.6 is 0 Å². The van der Waals surface area contributed by atoms with E-state index in [9.17, 15) is 5.11 Å². The van der Waals surface area contributed by atoms with Gasteiger partial charge in [0.25, 0.3) is 0 Å². The molecule has 0 aliphatic carbocycles. The molecule has 0 rings (SSSR count). The first-order valence-corrected chi connectivity index (χ1v) is 4.37. The number of hydrogen-bond acceptors (Lipinski definition) is 1. The highest BCUT2D eigenvalue weighted by atomic mass is 16.3. The van der Waals surface area contributed by atoms with Gasteiger partial charge in [-0.25, -0.2) is 0 Å². The molecule has 0 heterocycles. The summed E-state index contributed by atoms with van der Waals surface area (Å²) < 4.78 is 0. The second-order valence-electron chi connectivity index (χ2n) is 5.13. The van der Waals surface area contributed by atoms with Crippen LogP contribution < -0.4 is 0 Å². The number of rotatable bonds is 3. The molecule has 0 aromatic heterocycles. The van der Waals surface area contributed by atoms with Crippen molar-refractivity contribution in [3.63, 3.8) is 0 Å². The Morgan fingerprint density at radius 3 is 1.55 bits per heavy atom. The molecule has 0 bridgehead atoms. The quantitative estimate of drug-likeness (QED) is 0.669. The van der Waals surface area contributed by atoms with E-state index in [2.05, 4.69) is 27.7 Å². The Morgan fingerprint density at radius 1 is 1.09 bits per heavy atom. The third-order valence-electron chi connectivity index (χ3n) is 2.45. The minimum Gasteiger partial charge on any atom is -0.390 e. The Morgan fingerprint density at radius 2 is 1.45 bits per heavy atom. The molecule has 1 nitrogen and oxygen atoms in total. The fourth-order valence-corrected chi connectivity index (χ4v) is 1.32. The van der Waals surface area contributed by atoms with Crippen molar-refractivity contribution in [2.45, 2.75) is 53.6 Å². The van der Waals surface area contributed by atoms with Gasteiger partial charge >= 0.3 is 0 Å². The van der Waals surface area contributed by atoms with Gasteiger partial charge in [-0.3, -0.25) is 0 Å². The van der Waals surface area contributed by atoms with Gasteiger partial charge in [0.05, 0.1) is 5.60 Å². The molecule has 0 saturated carbocycles. The average Bonchev–Trinajstić information content (AvgIpc) is 1.56. The predicted molar refractivity (Wildman–Crippen MR) is 49.5 cm³/mol. The van der Waals surface area contributed by atoms with Crippen LogP contribution in [0.5, 0.6) is 0 Å². The van der Waals surface area contributed by atoms with Crippen LogP contribution in [0.1, 0.15) is 48.0 Å². The Bertz CT molecular complexity index is 117. The maximum atomic E-state index is 9.60. The Balaban J connectivity index is 4.13. The van der Waals surface area contributed by atoms with Crippen LogP contribution in [-0.4, -0.2) is 10.7 Å². The van der Waals surface area contributed by atoms with E-state index in [-0.39, 0.29) is 5.41 Å². The monoisotopic (exact) mass is 158 g/mol. The largest absolute Gasteiger partial charge is 0.390 e. The van der Waals surface area contributed by atoms with Crippen molar-refractivity contribution in [1.82, 2.24) is 0 Å². The third-order valence-corrected chi connectivity index (χ3v) is 2.45. The van der Waals surface area contributed by atoms with Crippen molar-refractivity contribution in [3.8, 4) is 0 Å². The van der Waals surface area contributed by atoms with E-state index >= 15 is 0 Å². The van der Waals surface area contributed by atoms with Crippen LogP contribution in [0.15, 0.2) is 0 Å². The van der Waals surface area contributed by atoms with Crippen molar-refractivity contribution in [2.75, 3.05) is 0 Å². The summed E-state index contributed by atoms with van der Waals surface area (Å²) in [5.74, 6) is 0.619. The van der Waals surface area contributed by atoms with Gasteiger partial charge in [0.1, 0.15) is 0 Å². The standard InChI is InChI=1S/C10H22O/c1-8(2)9(3,4)7-10(5,6)11/h8,11H,7H2,1-6H3. The lowest BCUT2D eigenvalue weighted by Crippen LogP contribution is -2.31. The van der Waals surface area contributed by atoms with Gasteiger partial charge in [-0.15, -0.1) is 0 Å². The summed E-state index contributed by atoms with van der Waals surface area (Å²) in [4.78, 5) is 0. The molecular weight excluding hydrogens is 136 g/mol. The van der Waals surface area contributed by atoms with Gasteiger partial charge in [0.2, 0.25) is 0 Å². The van der Waals surface area contributed by atoms with Gasteiger partial charge in [-0.2, -0.15) is 0 Å². The molecule has 1 N–H and O–H groups in total. The molecule has 11 heavy (non-hydrogen) atoms. The van der Waals surface area contributed by atoms with Crippen molar-refractivity contribution >= 4 is 0 Å². The van der Waals surface area contributed by atoms with E-state index < -0.39 is 5.60 Å². The maximum absolute atomic E-state index is 9.60. The summed E-state index contributed by atoms with van der Waals surface area (Å²) in [6, 6.07) is 0.